The molecule has 0 bridgehead atoms. The fourth-order valence-electron chi connectivity index (χ4n) is 1.85. The Morgan fingerprint density at radius 3 is 2.35 bits per heavy atom. The van der Waals surface area contributed by atoms with Crippen molar-refractivity contribution in [3.8, 4) is 11.5 Å². The molecule has 1 atom stereocenters. The van der Waals surface area contributed by atoms with Gasteiger partial charge in [0.1, 0.15) is 0 Å². The molecule has 0 radical (unpaired) electrons. The van der Waals surface area contributed by atoms with Gasteiger partial charge in [-0.3, -0.25) is 0 Å². The smallest absolute Gasteiger partial charge is 0.161 e. The van der Waals surface area contributed by atoms with Gasteiger partial charge in [-0.05, 0) is 43.7 Å². The lowest BCUT2D eigenvalue weighted by molar-refractivity contribution is 0.287. The van der Waals surface area contributed by atoms with Crippen LogP contribution in [-0.2, 0) is 0 Å². The lowest BCUT2D eigenvalue weighted by Crippen LogP contribution is -2.00. The molecule has 1 unspecified atom stereocenters. The number of rotatable bonds is 6. The Kier molecular flexibility index (Phi) is 5.58. The normalized spacial score (nSPS) is 12.2. The van der Waals surface area contributed by atoms with E-state index in [0.29, 0.717) is 13.2 Å². The molecule has 108 valence electrons. The summed E-state index contributed by atoms with van der Waals surface area (Å²) in [7, 11) is 0. The van der Waals surface area contributed by atoms with E-state index in [1.54, 1.807) is 0 Å². The van der Waals surface area contributed by atoms with Gasteiger partial charge in [-0.25, -0.2) is 0 Å². The predicted octanol–water partition coefficient (Wildman–Crippen LogP) is 5.53. The van der Waals surface area contributed by atoms with Crippen molar-refractivity contribution in [2.45, 2.75) is 19.2 Å². The Hall–Kier alpha value is -0.900. The predicted molar refractivity (Wildman–Crippen MR) is 85.8 cm³/mol. The van der Waals surface area contributed by atoms with Gasteiger partial charge in [0.25, 0.3) is 0 Å². The summed E-state index contributed by atoms with van der Waals surface area (Å²) in [4.78, 5) is 1.02. The maximum absolute atomic E-state index is 6.50. The van der Waals surface area contributed by atoms with Crippen LogP contribution in [0.2, 0.25) is 4.34 Å². The Morgan fingerprint density at radius 1 is 1.05 bits per heavy atom. The SMILES string of the molecule is CCOc1ccc(C(Cl)c2ccc(Cl)s2)cc1OCC. The molecule has 0 aliphatic heterocycles. The average Bonchev–Trinajstić information content (AvgIpc) is 2.87. The largest absolute Gasteiger partial charge is 0.490 e. The molecule has 0 aliphatic rings. The molecule has 0 amide bonds. The molecule has 0 spiro atoms. The van der Waals surface area contributed by atoms with E-state index in [1.807, 2.05) is 44.2 Å². The Labute approximate surface area is 133 Å². The van der Waals surface area contributed by atoms with Crippen LogP contribution < -0.4 is 9.47 Å². The summed E-state index contributed by atoms with van der Waals surface area (Å²) < 4.78 is 11.9. The molecule has 5 heteroatoms. The highest BCUT2D eigenvalue weighted by Crippen LogP contribution is 2.39. The molecule has 1 aromatic carbocycles. The molecule has 0 saturated carbocycles. The first-order chi connectivity index (χ1) is 9.65. The monoisotopic (exact) mass is 330 g/mol. The summed E-state index contributed by atoms with van der Waals surface area (Å²) in [5.74, 6) is 1.46. The fraction of sp³-hybridized carbons (Fsp3) is 0.333. The molecule has 0 fully saturated rings. The van der Waals surface area contributed by atoms with Gasteiger partial charge in [0, 0.05) is 4.88 Å². The van der Waals surface area contributed by atoms with E-state index in [9.17, 15) is 0 Å². The van der Waals surface area contributed by atoms with Crippen molar-refractivity contribution in [1.29, 1.82) is 0 Å². The van der Waals surface area contributed by atoms with Gasteiger partial charge in [-0.2, -0.15) is 0 Å². The van der Waals surface area contributed by atoms with Crippen molar-refractivity contribution in [3.05, 3.63) is 45.1 Å². The number of hydrogen-bond acceptors (Lipinski definition) is 3. The summed E-state index contributed by atoms with van der Waals surface area (Å²) in [5, 5.41) is -0.234. The van der Waals surface area contributed by atoms with E-state index in [4.69, 9.17) is 32.7 Å². The third-order valence-electron chi connectivity index (χ3n) is 2.70. The van der Waals surface area contributed by atoms with Crippen LogP contribution in [0, 0.1) is 0 Å². The Balaban J connectivity index is 2.29. The molecule has 1 aromatic heterocycles. The van der Waals surface area contributed by atoms with Gasteiger partial charge in [0.2, 0.25) is 0 Å². The zero-order chi connectivity index (χ0) is 14.5. The lowest BCUT2D eigenvalue weighted by Gasteiger charge is -2.14. The van der Waals surface area contributed by atoms with E-state index in [1.165, 1.54) is 11.3 Å². The van der Waals surface area contributed by atoms with Crippen LogP contribution in [0.4, 0.5) is 0 Å². The van der Waals surface area contributed by atoms with Crippen molar-refractivity contribution in [2.24, 2.45) is 0 Å². The van der Waals surface area contributed by atoms with Gasteiger partial charge >= 0.3 is 0 Å². The third-order valence-corrected chi connectivity index (χ3v) is 4.62. The van der Waals surface area contributed by atoms with Crippen LogP contribution in [0.15, 0.2) is 30.3 Å². The van der Waals surface area contributed by atoms with Crippen LogP contribution in [-0.4, -0.2) is 13.2 Å². The fourth-order valence-corrected chi connectivity index (χ4v) is 3.26. The summed E-state index contributed by atoms with van der Waals surface area (Å²) in [5.41, 5.74) is 0.970. The third kappa shape index (κ3) is 3.60. The molecule has 0 saturated heterocycles. The topological polar surface area (TPSA) is 18.5 Å². The van der Waals surface area contributed by atoms with Crippen molar-refractivity contribution in [1.82, 2.24) is 0 Å². The second-order valence-corrected chi connectivity index (χ2v) is 6.26. The second kappa shape index (κ2) is 7.21. The minimum atomic E-state index is -0.234. The molecule has 0 N–H and O–H groups in total. The zero-order valence-electron chi connectivity index (χ0n) is 11.4. The molecular weight excluding hydrogens is 315 g/mol. The van der Waals surface area contributed by atoms with Gasteiger partial charge < -0.3 is 9.47 Å². The van der Waals surface area contributed by atoms with Gasteiger partial charge in [-0.1, -0.05) is 17.7 Å². The van der Waals surface area contributed by atoms with Crippen molar-refractivity contribution in [2.75, 3.05) is 13.2 Å². The van der Waals surface area contributed by atoms with Crippen molar-refractivity contribution < 1.29 is 9.47 Å². The quantitative estimate of drug-likeness (QED) is 0.648. The van der Waals surface area contributed by atoms with E-state index >= 15 is 0 Å². The molecule has 2 rings (SSSR count). The highest BCUT2D eigenvalue weighted by molar-refractivity contribution is 7.16. The van der Waals surface area contributed by atoms with Gasteiger partial charge in [-0.15, -0.1) is 22.9 Å². The van der Waals surface area contributed by atoms with Gasteiger partial charge in [0.15, 0.2) is 11.5 Å². The van der Waals surface area contributed by atoms with Crippen LogP contribution in [0.3, 0.4) is 0 Å². The highest BCUT2D eigenvalue weighted by atomic mass is 35.5. The summed E-state index contributed by atoms with van der Waals surface area (Å²) in [6, 6.07) is 9.59. The first-order valence-electron chi connectivity index (χ1n) is 6.44. The first kappa shape index (κ1) is 15.5. The van der Waals surface area contributed by atoms with Crippen LogP contribution in [0.5, 0.6) is 11.5 Å². The number of ether oxygens (including phenoxy) is 2. The van der Waals surface area contributed by atoms with Gasteiger partial charge in [0.05, 0.1) is 22.9 Å². The first-order valence-corrected chi connectivity index (χ1v) is 8.07. The summed E-state index contributed by atoms with van der Waals surface area (Å²) in [6.45, 7) is 5.08. The van der Waals surface area contributed by atoms with E-state index in [2.05, 4.69) is 0 Å². The Bertz CT molecular complexity index is 569. The zero-order valence-corrected chi connectivity index (χ0v) is 13.7. The number of halogens is 2. The Morgan fingerprint density at radius 2 is 1.75 bits per heavy atom. The van der Waals surface area contributed by atoms with Crippen molar-refractivity contribution >= 4 is 34.5 Å². The minimum absolute atomic E-state index is 0.234. The maximum Gasteiger partial charge on any atom is 0.161 e. The number of alkyl halides is 1. The molecule has 2 aromatic rings. The molecule has 20 heavy (non-hydrogen) atoms. The van der Waals surface area contributed by atoms with Crippen LogP contribution in [0.25, 0.3) is 0 Å². The van der Waals surface area contributed by atoms with E-state index in [0.717, 1.165) is 26.3 Å². The number of hydrogen-bond donors (Lipinski definition) is 0. The highest BCUT2D eigenvalue weighted by Gasteiger charge is 2.16. The summed E-state index contributed by atoms with van der Waals surface area (Å²) in [6.07, 6.45) is 0. The number of thiophene rings is 1. The molecule has 2 nitrogen and oxygen atoms in total. The van der Waals surface area contributed by atoms with E-state index in [-0.39, 0.29) is 5.38 Å². The van der Waals surface area contributed by atoms with Crippen LogP contribution in [0.1, 0.15) is 29.7 Å². The average molecular weight is 331 g/mol. The molecule has 0 aliphatic carbocycles. The standard InChI is InChI=1S/C15H16Cl2O2S/c1-3-18-11-6-5-10(9-12(11)19-4-2)15(17)13-7-8-14(16)20-13/h5-9,15H,3-4H2,1-2H3. The second-order valence-electron chi connectivity index (χ2n) is 4.08. The minimum Gasteiger partial charge on any atom is -0.490 e. The van der Waals surface area contributed by atoms with Crippen LogP contribution >= 0.6 is 34.5 Å². The molecular formula is C15H16Cl2O2S. The summed E-state index contributed by atoms with van der Waals surface area (Å²) >= 11 is 13.9. The maximum atomic E-state index is 6.50. The molecule has 1 heterocycles. The lowest BCUT2D eigenvalue weighted by atomic mass is 10.1. The van der Waals surface area contributed by atoms with Crippen molar-refractivity contribution in [3.63, 3.8) is 0 Å². The number of benzene rings is 1. The van der Waals surface area contributed by atoms with E-state index < -0.39 is 0 Å².